The van der Waals surface area contributed by atoms with Gasteiger partial charge in [-0.3, -0.25) is 4.79 Å². The molecule has 0 unspecified atom stereocenters. The van der Waals surface area contributed by atoms with E-state index in [0.717, 1.165) is 0 Å². The standard InChI is InChI=1S/C19H15ClN2O2/c1-2-11-24-18-6-4-3-5-14(18)12-15(13-21)19(23)22-17-9-7-16(20)8-10-17/h2-10,12H,1,11H2,(H,22,23)/b15-12+. The van der Waals surface area contributed by atoms with Crippen molar-refractivity contribution in [1.29, 1.82) is 5.26 Å². The molecule has 0 bridgehead atoms. The normalized spacial score (nSPS) is 10.6. The number of hydrogen-bond donors (Lipinski definition) is 1. The van der Waals surface area contributed by atoms with Gasteiger partial charge in [-0.1, -0.05) is 42.5 Å². The quantitative estimate of drug-likeness (QED) is 0.481. The Balaban J connectivity index is 2.22. The minimum atomic E-state index is -0.502. The lowest BCUT2D eigenvalue weighted by Gasteiger charge is -2.08. The van der Waals surface area contributed by atoms with Crippen molar-refractivity contribution in [3.8, 4) is 11.8 Å². The molecule has 0 aliphatic carbocycles. The number of carbonyl (C=O) groups excluding carboxylic acids is 1. The topological polar surface area (TPSA) is 62.1 Å². The smallest absolute Gasteiger partial charge is 0.266 e. The number of hydrogen-bond acceptors (Lipinski definition) is 3. The number of carbonyl (C=O) groups is 1. The number of rotatable bonds is 6. The lowest BCUT2D eigenvalue weighted by molar-refractivity contribution is -0.112. The summed E-state index contributed by atoms with van der Waals surface area (Å²) in [6, 6.07) is 15.7. The monoisotopic (exact) mass is 338 g/mol. The molecule has 0 fully saturated rings. The molecule has 0 radical (unpaired) electrons. The summed E-state index contributed by atoms with van der Waals surface area (Å²) in [5, 5.41) is 12.5. The molecule has 1 N–H and O–H groups in total. The number of nitriles is 1. The Morgan fingerprint density at radius 1 is 1.25 bits per heavy atom. The summed E-state index contributed by atoms with van der Waals surface area (Å²) in [6.45, 7) is 3.93. The van der Waals surface area contributed by atoms with Crippen LogP contribution in [0.2, 0.25) is 5.02 Å². The van der Waals surface area contributed by atoms with Crippen LogP contribution in [0.3, 0.4) is 0 Å². The molecule has 0 heterocycles. The maximum Gasteiger partial charge on any atom is 0.266 e. The molecule has 0 saturated carbocycles. The highest BCUT2D eigenvalue weighted by atomic mass is 35.5. The number of anilines is 1. The zero-order chi connectivity index (χ0) is 17.4. The molecule has 24 heavy (non-hydrogen) atoms. The van der Waals surface area contributed by atoms with Crippen LogP contribution in [0.15, 0.2) is 66.8 Å². The highest BCUT2D eigenvalue weighted by Crippen LogP contribution is 2.22. The van der Waals surface area contributed by atoms with Crippen molar-refractivity contribution in [3.05, 3.63) is 77.3 Å². The van der Waals surface area contributed by atoms with E-state index in [4.69, 9.17) is 16.3 Å². The van der Waals surface area contributed by atoms with Crippen LogP contribution in [0, 0.1) is 11.3 Å². The van der Waals surface area contributed by atoms with Gasteiger partial charge in [0, 0.05) is 16.3 Å². The molecule has 2 rings (SSSR count). The molecule has 4 nitrogen and oxygen atoms in total. The number of halogens is 1. The molecule has 0 atom stereocenters. The molecule has 2 aromatic rings. The van der Waals surface area contributed by atoms with Gasteiger partial charge in [-0.15, -0.1) is 0 Å². The summed E-state index contributed by atoms with van der Waals surface area (Å²) in [5.74, 6) is 0.0720. The molecule has 120 valence electrons. The van der Waals surface area contributed by atoms with Crippen molar-refractivity contribution in [2.75, 3.05) is 11.9 Å². The maximum absolute atomic E-state index is 12.3. The first-order chi connectivity index (χ1) is 11.6. The van der Waals surface area contributed by atoms with E-state index in [9.17, 15) is 10.1 Å². The number of nitrogens with one attached hydrogen (secondary N) is 1. The molecule has 0 aliphatic heterocycles. The summed E-state index contributed by atoms with van der Waals surface area (Å²) in [6.07, 6.45) is 3.11. The van der Waals surface area contributed by atoms with E-state index in [-0.39, 0.29) is 5.57 Å². The first kappa shape index (κ1) is 17.3. The largest absolute Gasteiger partial charge is 0.489 e. The van der Waals surface area contributed by atoms with Crippen molar-refractivity contribution in [2.24, 2.45) is 0 Å². The Bertz CT molecular complexity index is 805. The first-order valence-corrected chi connectivity index (χ1v) is 7.53. The van der Waals surface area contributed by atoms with Gasteiger partial charge in [-0.25, -0.2) is 0 Å². The van der Waals surface area contributed by atoms with Crippen LogP contribution in [-0.2, 0) is 4.79 Å². The second kappa shape index (κ2) is 8.56. The summed E-state index contributed by atoms with van der Waals surface area (Å²) in [7, 11) is 0. The van der Waals surface area contributed by atoms with E-state index in [1.54, 1.807) is 48.5 Å². The minimum Gasteiger partial charge on any atom is -0.489 e. The fourth-order valence-corrected chi connectivity index (χ4v) is 2.04. The zero-order valence-electron chi connectivity index (χ0n) is 12.8. The number of nitrogens with zero attached hydrogens (tertiary/aromatic N) is 1. The third-order valence-electron chi connectivity index (χ3n) is 3.04. The van der Waals surface area contributed by atoms with Gasteiger partial charge in [0.2, 0.25) is 0 Å². The second-order valence-electron chi connectivity index (χ2n) is 4.77. The molecule has 0 aliphatic rings. The predicted octanol–water partition coefficient (Wildman–Crippen LogP) is 4.45. The molecule has 0 aromatic heterocycles. The van der Waals surface area contributed by atoms with Crippen LogP contribution < -0.4 is 10.1 Å². The minimum absolute atomic E-state index is 0.0281. The van der Waals surface area contributed by atoms with Gasteiger partial charge in [0.25, 0.3) is 5.91 Å². The highest BCUT2D eigenvalue weighted by Gasteiger charge is 2.11. The van der Waals surface area contributed by atoms with E-state index < -0.39 is 5.91 Å². The predicted molar refractivity (Wildman–Crippen MR) is 95.8 cm³/mol. The van der Waals surface area contributed by atoms with Crippen molar-refractivity contribution in [1.82, 2.24) is 0 Å². The van der Waals surface area contributed by atoms with E-state index >= 15 is 0 Å². The highest BCUT2D eigenvalue weighted by molar-refractivity contribution is 6.30. The van der Waals surface area contributed by atoms with E-state index in [1.165, 1.54) is 6.08 Å². The van der Waals surface area contributed by atoms with Gasteiger partial charge >= 0.3 is 0 Å². The van der Waals surface area contributed by atoms with Gasteiger partial charge in [0.05, 0.1) is 0 Å². The van der Waals surface area contributed by atoms with E-state index in [0.29, 0.717) is 28.6 Å². The second-order valence-corrected chi connectivity index (χ2v) is 5.20. The number of para-hydroxylation sites is 1. The summed E-state index contributed by atoms with van der Waals surface area (Å²) < 4.78 is 5.52. The third kappa shape index (κ3) is 4.73. The van der Waals surface area contributed by atoms with Crippen molar-refractivity contribution < 1.29 is 9.53 Å². The Kier molecular flexibility index (Phi) is 6.18. The van der Waals surface area contributed by atoms with Crippen LogP contribution >= 0.6 is 11.6 Å². The SMILES string of the molecule is C=CCOc1ccccc1/C=C(\C#N)C(=O)Nc1ccc(Cl)cc1. The van der Waals surface area contributed by atoms with E-state index in [2.05, 4.69) is 11.9 Å². The summed E-state index contributed by atoms with van der Waals surface area (Å²) in [4.78, 5) is 12.3. The van der Waals surface area contributed by atoms with Crippen LogP contribution in [0.1, 0.15) is 5.56 Å². The fraction of sp³-hybridized carbons (Fsp3) is 0.0526. The summed E-state index contributed by atoms with van der Waals surface area (Å²) >= 11 is 5.81. The Labute approximate surface area is 145 Å². The fourth-order valence-electron chi connectivity index (χ4n) is 1.92. The van der Waals surface area contributed by atoms with Crippen molar-refractivity contribution in [2.45, 2.75) is 0 Å². The van der Waals surface area contributed by atoms with Crippen LogP contribution in [0.5, 0.6) is 5.75 Å². The van der Waals surface area contributed by atoms with Crippen LogP contribution in [-0.4, -0.2) is 12.5 Å². The van der Waals surface area contributed by atoms with Gasteiger partial charge in [-0.2, -0.15) is 5.26 Å². The van der Waals surface area contributed by atoms with Crippen LogP contribution in [0.25, 0.3) is 6.08 Å². The van der Waals surface area contributed by atoms with Gasteiger partial charge < -0.3 is 10.1 Å². The molecular weight excluding hydrogens is 324 g/mol. The maximum atomic E-state index is 12.3. The zero-order valence-corrected chi connectivity index (χ0v) is 13.6. The Morgan fingerprint density at radius 3 is 2.62 bits per heavy atom. The average Bonchev–Trinajstić information content (AvgIpc) is 2.60. The number of benzene rings is 2. The van der Waals surface area contributed by atoms with Gasteiger partial charge in [0.1, 0.15) is 24.0 Å². The van der Waals surface area contributed by atoms with Crippen LogP contribution in [0.4, 0.5) is 5.69 Å². The molecule has 1 amide bonds. The number of amides is 1. The molecule has 5 heteroatoms. The van der Waals surface area contributed by atoms with Crippen molar-refractivity contribution in [3.63, 3.8) is 0 Å². The molecule has 0 spiro atoms. The molecule has 2 aromatic carbocycles. The molecular formula is C19H15ClN2O2. The molecule has 0 saturated heterocycles. The number of ether oxygens (including phenoxy) is 1. The lowest BCUT2D eigenvalue weighted by Crippen LogP contribution is -2.13. The first-order valence-electron chi connectivity index (χ1n) is 7.15. The third-order valence-corrected chi connectivity index (χ3v) is 3.29. The van der Waals surface area contributed by atoms with Crippen molar-refractivity contribution >= 4 is 29.3 Å². The van der Waals surface area contributed by atoms with Gasteiger partial charge in [-0.05, 0) is 36.4 Å². The van der Waals surface area contributed by atoms with E-state index in [1.807, 2.05) is 12.1 Å². The van der Waals surface area contributed by atoms with Gasteiger partial charge in [0.15, 0.2) is 0 Å². The Morgan fingerprint density at radius 2 is 1.96 bits per heavy atom. The average molecular weight is 339 g/mol. The Hall–Kier alpha value is -3.03. The summed E-state index contributed by atoms with van der Waals surface area (Å²) in [5.41, 5.74) is 1.17. The lowest BCUT2D eigenvalue weighted by atomic mass is 10.1.